The molecule has 1 N–H and O–H groups in total. The van der Waals surface area contributed by atoms with Crippen LogP contribution < -0.4 is 10.2 Å². The largest absolute Gasteiger partial charge is 0.462 e. The summed E-state index contributed by atoms with van der Waals surface area (Å²) in [4.78, 5) is 43.0. The first-order chi connectivity index (χ1) is 15.4. The maximum absolute atomic E-state index is 13.5. The zero-order chi connectivity index (χ0) is 22.9. The number of para-hydroxylation sites is 1. The number of nitrogens with one attached hydrogen (secondary N) is 1. The molecule has 1 aliphatic rings. The number of ether oxygens (including phenoxy) is 1. The van der Waals surface area contributed by atoms with Gasteiger partial charge in [-0.05, 0) is 44.4 Å². The fourth-order valence-electron chi connectivity index (χ4n) is 3.55. The molecule has 3 aromatic rings. The highest BCUT2D eigenvalue weighted by Crippen LogP contribution is 2.46. The molecule has 0 radical (unpaired) electrons. The molecule has 1 aliphatic heterocycles. The summed E-state index contributed by atoms with van der Waals surface area (Å²) in [5, 5.41) is 7.00. The second kappa shape index (κ2) is 9.09. The topological polar surface area (TPSA) is 75.7 Å². The molecule has 166 valence electrons. The molecule has 32 heavy (non-hydrogen) atoms. The van der Waals surface area contributed by atoms with Gasteiger partial charge in [0.05, 0.1) is 12.3 Å². The number of carbonyl (C=O) groups excluding carboxylic acids is 3. The number of thiophene rings is 2. The van der Waals surface area contributed by atoms with Crippen LogP contribution in [0.25, 0.3) is 10.4 Å². The number of anilines is 2. The summed E-state index contributed by atoms with van der Waals surface area (Å²) in [6, 6.07) is 11.4. The Morgan fingerprint density at radius 2 is 1.91 bits per heavy atom. The van der Waals surface area contributed by atoms with Crippen LogP contribution in [-0.4, -0.2) is 35.7 Å². The van der Waals surface area contributed by atoms with E-state index in [1.54, 1.807) is 18.7 Å². The Morgan fingerprint density at radius 1 is 1.12 bits per heavy atom. The van der Waals surface area contributed by atoms with E-state index in [1.807, 2.05) is 54.1 Å². The van der Waals surface area contributed by atoms with Crippen molar-refractivity contribution in [2.45, 2.75) is 30.4 Å². The maximum Gasteiger partial charge on any atom is 0.341 e. The number of nitrogens with zero attached hydrogens (tertiary/aromatic N) is 1. The lowest BCUT2D eigenvalue weighted by Crippen LogP contribution is -2.54. The molecule has 0 bridgehead atoms. The van der Waals surface area contributed by atoms with E-state index < -0.39 is 16.6 Å². The van der Waals surface area contributed by atoms with Gasteiger partial charge in [-0.15, -0.1) is 22.7 Å². The molecule has 0 aliphatic carbocycles. The highest BCUT2D eigenvalue weighted by Gasteiger charge is 2.49. The van der Waals surface area contributed by atoms with E-state index in [4.69, 9.17) is 4.74 Å². The molecule has 6 nitrogen and oxygen atoms in total. The Labute approximate surface area is 198 Å². The lowest BCUT2D eigenvalue weighted by atomic mass is 10.1. The number of esters is 1. The number of thioether (sulfide) groups is 1. The molecule has 0 saturated carbocycles. The smallest absolute Gasteiger partial charge is 0.341 e. The minimum Gasteiger partial charge on any atom is -0.462 e. The molecule has 1 atom stereocenters. The van der Waals surface area contributed by atoms with Crippen LogP contribution in [0.15, 0.2) is 52.1 Å². The number of amides is 2. The van der Waals surface area contributed by atoms with Crippen molar-refractivity contribution in [2.24, 2.45) is 0 Å². The third kappa shape index (κ3) is 3.85. The Morgan fingerprint density at radius 3 is 2.59 bits per heavy atom. The number of rotatable bonds is 6. The molecule has 1 unspecified atom stereocenters. The Hall–Kier alpha value is -2.62. The molecule has 2 aromatic heterocycles. The fraction of sp³-hybridized carbons (Fsp3) is 0.261. The van der Waals surface area contributed by atoms with E-state index in [1.165, 1.54) is 34.4 Å². The van der Waals surface area contributed by atoms with Crippen molar-refractivity contribution in [2.75, 3.05) is 23.4 Å². The number of fused-ring (bicyclic) bond motifs is 1. The highest BCUT2D eigenvalue weighted by atomic mass is 32.2. The summed E-state index contributed by atoms with van der Waals surface area (Å²) in [5.74, 6) is -1.25. The monoisotopic (exact) mass is 486 g/mol. The van der Waals surface area contributed by atoms with Crippen LogP contribution in [0.5, 0.6) is 0 Å². The van der Waals surface area contributed by atoms with Crippen LogP contribution in [0.4, 0.5) is 10.7 Å². The van der Waals surface area contributed by atoms with E-state index in [2.05, 4.69) is 5.32 Å². The maximum atomic E-state index is 13.5. The van der Waals surface area contributed by atoms with Crippen molar-refractivity contribution in [1.29, 1.82) is 0 Å². The average molecular weight is 487 g/mol. The average Bonchev–Trinajstić information content (AvgIpc) is 3.44. The highest BCUT2D eigenvalue weighted by molar-refractivity contribution is 8.02. The molecule has 3 heterocycles. The molecular formula is C23H22N2O4S3. The third-order valence-electron chi connectivity index (χ3n) is 5.16. The van der Waals surface area contributed by atoms with E-state index in [0.29, 0.717) is 22.7 Å². The first kappa shape index (κ1) is 22.6. The van der Waals surface area contributed by atoms with Crippen molar-refractivity contribution in [1.82, 2.24) is 0 Å². The summed E-state index contributed by atoms with van der Waals surface area (Å²) in [6.45, 7) is 5.93. The van der Waals surface area contributed by atoms with Gasteiger partial charge < -0.3 is 15.0 Å². The first-order valence-corrected chi connectivity index (χ1v) is 12.7. The lowest BCUT2D eigenvalue weighted by molar-refractivity contribution is -0.128. The first-order valence-electron chi connectivity index (χ1n) is 10.1. The Bertz CT molecular complexity index is 1170. The van der Waals surface area contributed by atoms with Crippen molar-refractivity contribution < 1.29 is 19.1 Å². The zero-order valence-corrected chi connectivity index (χ0v) is 20.3. The summed E-state index contributed by atoms with van der Waals surface area (Å²) >= 11 is 3.99. The predicted molar refractivity (Wildman–Crippen MR) is 131 cm³/mol. The quantitative estimate of drug-likeness (QED) is 0.367. The number of hydrogen-bond acceptors (Lipinski definition) is 7. The molecule has 9 heteroatoms. The van der Waals surface area contributed by atoms with Crippen LogP contribution in [-0.2, 0) is 14.3 Å². The van der Waals surface area contributed by atoms with Gasteiger partial charge in [-0.25, -0.2) is 4.79 Å². The van der Waals surface area contributed by atoms with Crippen LogP contribution in [0.3, 0.4) is 0 Å². The van der Waals surface area contributed by atoms with Crippen LogP contribution in [0, 0.1) is 0 Å². The van der Waals surface area contributed by atoms with Gasteiger partial charge in [0.15, 0.2) is 4.75 Å². The van der Waals surface area contributed by atoms with Gasteiger partial charge in [0.25, 0.3) is 11.8 Å². The Balaban J connectivity index is 1.70. The molecule has 2 amide bonds. The summed E-state index contributed by atoms with van der Waals surface area (Å²) in [6.07, 6.45) is 0. The van der Waals surface area contributed by atoms with Crippen LogP contribution in [0.2, 0.25) is 0 Å². The summed E-state index contributed by atoms with van der Waals surface area (Å²) in [7, 11) is 0. The second-order valence-corrected chi connectivity index (χ2v) is 10.4. The van der Waals surface area contributed by atoms with Crippen molar-refractivity contribution >= 4 is 62.9 Å². The molecule has 4 rings (SSSR count). The molecule has 0 saturated heterocycles. The number of benzene rings is 1. The van der Waals surface area contributed by atoms with Gasteiger partial charge >= 0.3 is 5.97 Å². The van der Waals surface area contributed by atoms with Crippen molar-refractivity contribution in [3.63, 3.8) is 0 Å². The number of hydrogen-bond donors (Lipinski definition) is 1. The van der Waals surface area contributed by atoms with Gasteiger partial charge in [-0.3, -0.25) is 9.59 Å². The fourth-order valence-corrected chi connectivity index (χ4v) is 6.52. The van der Waals surface area contributed by atoms with Gasteiger partial charge in [0.1, 0.15) is 10.6 Å². The standard InChI is InChI=1S/C23H22N2O4S3/c1-4-25-15-9-6-7-10-17(15)32-23(3,22(25)28)21(27)24-19-18(20(26)29-5-2)14(13-31-19)16-11-8-12-30-16/h6-13H,4-5H2,1-3H3,(H,24,27). The molecule has 0 spiro atoms. The SMILES string of the molecule is CCOC(=O)c1c(-c2cccs2)csc1NC(=O)C1(C)Sc2ccccc2N(CC)C1=O. The predicted octanol–water partition coefficient (Wildman–Crippen LogP) is 5.51. The molecule has 1 aromatic carbocycles. The van der Waals surface area contributed by atoms with Gasteiger partial charge in [0, 0.05) is 27.3 Å². The van der Waals surface area contributed by atoms with Crippen LogP contribution >= 0.6 is 34.4 Å². The van der Waals surface area contributed by atoms with Gasteiger partial charge in [-0.1, -0.05) is 30.0 Å². The van der Waals surface area contributed by atoms with E-state index in [9.17, 15) is 14.4 Å². The molecular weight excluding hydrogens is 464 g/mol. The third-order valence-corrected chi connectivity index (χ3v) is 8.29. The van der Waals surface area contributed by atoms with Crippen molar-refractivity contribution in [3.05, 3.63) is 52.7 Å². The minimum absolute atomic E-state index is 0.222. The van der Waals surface area contributed by atoms with Crippen molar-refractivity contribution in [3.8, 4) is 10.4 Å². The summed E-state index contributed by atoms with van der Waals surface area (Å²) < 4.78 is 3.89. The van der Waals surface area contributed by atoms with E-state index >= 15 is 0 Å². The Kier molecular flexibility index (Phi) is 6.41. The van der Waals surface area contributed by atoms with Gasteiger partial charge in [-0.2, -0.15) is 0 Å². The molecule has 0 fully saturated rings. The lowest BCUT2D eigenvalue weighted by Gasteiger charge is -2.38. The zero-order valence-electron chi connectivity index (χ0n) is 17.8. The summed E-state index contributed by atoms with van der Waals surface area (Å²) in [5.41, 5.74) is 1.84. The van der Waals surface area contributed by atoms with E-state index in [-0.39, 0.29) is 12.5 Å². The second-order valence-electron chi connectivity index (χ2n) is 7.16. The van der Waals surface area contributed by atoms with Crippen LogP contribution in [0.1, 0.15) is 31.1 Å². The van der Waals surface area contributed by atoms with Gasteiger partial charge in [0.2, 0.25) is 0 Å². The normalized spacial score (nSPS) is 17.7. The van der Waals surface area contributed by atoms with E-state index in [0.717, 1.165) is 15.5 Å². The number of carbonyl (C=O) groups is 3. The minimum atomic E-state index is -1.37.